The van der Waals surface area contributed by atoms with Crippen molar-refractivity contribution in [2.24, 2.45) is 0 Å². The molecule has 0 saturated carbocycles. The molecule has 0 unspecified atom stereocenters. The van der Waals surface area contributed by atoms with Crippen LogP contribution in [0.3, 0.4) is 0 Å². The molecule has 0 spiro atoms. The van der Waals surface area contributed by atoms with Crippen LogP contribution in [-0.2, 0) is 4.79 Å². The van der Waals surface area contributed by atoms with E-state index in [0.29, 0.717) is 22.9 Å². The van der Waals surface area contributed by atoms with E-state index in [1.807, 2.05) is 18.2 Å². The molecule has 2 amide bonds. The summed E-state index contributed by atoms with van der Waals surface area (Å²) in [6.07, 6.45) is 0.267. The second-order valence-electron chi connectivity index (χ2n) is 5.59. The topological polar surface area (TPSA) is 58.6 Å². The highest BCUT2D eigenvalue weighted by molar-refractivity contribution is 6.30. The van der Waals surface area contributed by atoms with Gasteiger partial charge in [-0.2, -0.15) is 0 Å². The fourth-order valence-electron chi connectivity index (χ4n) is 2.73. The predicted octanol–water partition coefficient (Wildman–Crippen LogP) is 2.88. The SMILES string of the molecule is COc1cccc(N2C[C@@H](NC(=O)c3cccc(Cl)c3)CC2=O)c1. The number of carbonyl (C=O) groups excluding carboxylic acids is 2. The van der Waals surface area contributed by atoms with E-state index in [0.717, 1.165) is 5.69 Å². The number of nitrogens with one attached hydrogen (secondary N) is 1. The molecule has 0 radical (unpaired) electrons. The number of methoxy groups -OCH3 is 1. The first-order chi connectivity index (χ1) is 11.6. The van der Waals surface area contributed by atoms with E-state index in [4.69, 9.17) is 16.3 Å². The second-order valence-corrected chi connectivity index (χ2v) is 6.03. The largest absolute Gasteiger partial charge is 0.497 e. The van der Waals surface area contributed by atoms with Crippen LogP contribution in [0.5, 0.6) is 5.75 Å². The Hall–Kier alpha value is -2.53. The maximum atomic E-state index is 12.3. The van der Waals surface area contributed by atoms with E-state index in [1.165, 1.54) is 0 Å². The quantitative estimate of drug-likeness (QED) is 0.927. The fraction of sp³-hybridized carbons (Fsp3) is 0.222. The van der Waals surface area contributed by atoms with Gasteiger partial charge >= 0.3 is 0 Å². The van der Waals surface area contributed by atoms with Crippen molar-refractivity contribution in [1.29, 1.82) is 0 Å². The van der Waals surface area contributed by atoms with Crippen molar-refractivity contribution >= 4 is 29.1 Å². The molecule has 1 N–H and O–H groups in total. The lowest BCUT2D eigenvalue weighted by Crippen LogP contribution is -2.37. The smallest absolute Gasteiger partial charge is 0.251 e. The molecule has 1 fully saturated rings. The zero-order valence-electron chi connectivity index (χ0n) is 13.2. The number of amides is 2. The summed E-state index contributed by atoms with van der Waals surface area (Å²) >= 11 is 5.91. The normalized spacial score (nSPS) is 17.0. The number of hydrogen-bond acceptors (Lipinski definition) is 3. The summed E-state index contributed by atoms with van der Waals surface area (Å²) in [5, 5.41) is 3.39. The molecule has 24 heavy (non-hydrogen) atoms. The Morgan fingerprint density at radius 3 is 2.79 bits per heavy atom. The molecule has 0 aliphatic carbocycles. The van der Waals surface area contributed by atoms with Crippen LogP contribution in [0.15, 0.2) is 48.5 Å². The number of ether oxygens (including phenoxy) is 1. The van der Waals surface area contributed by atoms with Gasteiger partial charge in [0, 0.05) is 35.3 Å². The van der Waals surface area contributed by atoms with E-state index in [-0.39, 0.29) is 24.3 Å². The van der Waals surface area contributed by atoms with E-state index < -0.39 is 0 Å². The van der Waals surface area contributed by atoms with Crippen molar-refractivity contribution in [3.8, 4) is 5.75 Å². The number of nitrogens with zero attached hydrogens (tertiary/aromatic N) is 1. The first kappa shape index (κ1) is 16.3. The van der Waals surface area contributed by atoms with Crippen molar-refractivity contribution in [2.45, 2.75) is 12.5 Å². The molecule has 1 atom stereocenters. The number of anilines is 1. The summed E-state index contributed by atoms with van der Waals surface area (Å²) < 4.78 is 5.19. The average molecular weight is 345 g/mol. The first-order valence-electron chi connectivity index (χ1n) is 7.57. The number of hydrogen-bond donors (Lipinski definition) is 1. The summed E-state index contributed by atoms with van der Waals surface area (Å²) in [4.78, 5) is 26.2. The van der Waals surface area contributed by atoms with E-state index in [1.54, 1.807) is 42.3 Å². The van der Waals surface area contributed by atoms with Gasteiger partial charge in [-0.15, -0.1) is 0 Å². The first-order valence-corrected chi connectivity index (χ1v) is 7.95. The van der Waals surface area contributed by atoms with Crippen LogP contribution in [-0.4, -0.2) is 31.5 Å². The Bertz CT molecular complexity index is 778. The Labute approximate surface area is 145 Å². The van der Waals surface area contributed by atoms with Crippen molar-refractivity contribution in [3.05, 3.63) is 59.1 Å². The minimum atomic E-state index is -0.241. The summed E-state index contributed by atoms with van der Waals surface area (Å²) in [5.74, 6) is 0.425. The van der Waals surface area contributed by atoms with Gasteiger partial charge in [-0.1, -0.05) is 23.7 Å². The Morgan fingerprint density at radius 2 is 2.04 bits per heavy atom. The Kier molecular flexibility index (Phi) is 4.71. The lowest BCUT2D eigenvalue weighted by atomic mass is 10.2. The lowest BCUT2D eigenvalue weighted by Gasteiger charge is -2.18. The highest BCUT2D eigenvalue weighted by atomic mass is 35.5. The molecule has 1 aliphatic heterocycles. The summed E-state index contributed by atoms with van der Waals surface area (Å²) in [6, 6.07) is 13.8. The Balaban J connectivity index is 1.69. The molecular formula is C18H17ClN2O3. The number of benzene rings is 2. The molecule has 2 aromatic rings. The predicted molar refractivity (Wildman–Crippen MR) is 92.7 cm³/mol. The van der Waals surface area contributed by atoms with Crippen LogP contribution in [0.2, 0.25) is 5.02 Å². The molecule has 1 aliphatic rings. The highest BCUT2D eigenvalue weighted by Gasteiger charge is 2.31. The van der Waals surface area contributed by atoms with Crippen molar-refractivity contribution in [1.82, 2.24) is 5.32 Å². The van der Waals surface area contributed by atoms with Gasteiger partial charge in [-0.05, 0) is 30.3 Å². The van der Waals surface area contributed by atoms with Gasteiger partial charge in [-0.3, -0.25) is 9.59 Å². The fourth-order valence-corrected chi connectivity index (χ4v) is 2.92. The van der Waals surface area contributed by atoms with E-state index in [9.17, 15) is 9.59 Å². The zero-order chi connectivity index (χ0) is 17.1. The molecule has 124 valence electrons. The van der Waals surface area contributed by atoms with Crippen LogP contribution in [0.4, 0.5) is 5.69 Å². The minimum Gasteiger partial charge on any atom is -0.497 e. The molecule has 2 aromatic carbocycles. The molecule has 6 heteroatoms. The van der Waals surface area contributed by atoms with Gasteiger partial charge in [0.15, 0.2) is 0 Å². The molecule has 0 aromatic heterocycles. The molecule has 1 heterocycles. The zero-order valence-corrected chi connectivity index (χ0v) is 13.9. The van der Waals surface area contributed by atoms with Gasteiger partial charge in [0.05, 0.1) is 13.2 Å². The molecule has 3 rings (SSSR count). The number of rotatable bonds is 4. The summed E-state index contributed by atoms with van der Waals surface area (Å²) in [6.45, 7) is 0.429. The molecule has 1 saturated heterocycles. The minimum absolute atomic E-state index is 0.0281. The number of carbonyl (C=O) groups is 2. The maximum absolute atomic E-state index is 12.3. The molecule has 5 nitrogen and oxygen atoms in total. The van der Waals surface area contributed by atoms with E-state index in [2.05, 4.69) is 5.32 Å². The highest BCUT2D eigenvalue weighted by Crippen LogP contribution is 2.25. The third kappa shape index (κ3) is 3.51. The average Bonchev–Trinajstić information content (AvgIpc) is 2.95. The maximum Gasteiger partial charge on any atom is 0.251 e. The van der Waals surface area contributed by atoms with Crippen LogP contribution in [0, 0.1) is 0 Å². The lowest BCUT2D eigenvalue weighted by molar-refractivity contribution is -0.117. The monoisotopic (exact) mass is 344 g/mol. The second kappa shape index (κ2) is 6.93. The van der Waals surface area contributed by atoms with Crippen molar-refractivity contribution < 1.29 is 14.3 Å². The van der Waals surface area contributed by atoms with Gasteiger partial charge in [0.2, 0.25) is 5.91 Å². The van der Waals surface area contributed by atoms with Crippen LogP contribution < -0.4 is 15.0 Å². The van der Waals surface area contributed by atoms with Gasteiger partial charge < -0.3 is 15.0 Å². The summed E-state index contributed by atoms with van der Waals surface area (Å²) in [5.41, 5.74) is 1.24. The summed E-state index contributed by atoms with van der Waals surface area (Å²) in [7, 11) is 1.58. The van der Waals surface area contributed by atoms with Gasteiger partial charge in [-0.25, -0.2) is 0 Å². The standard InChI is InChI=1S/C18H17ClN2O3/c1-24-16-7-3-6-15(10-16)21-11-14(9-17(21)22)20-18(23)12-4-2-5-13(19)8-12/h2-8,10,14H,9,11H2,1H3,(H,20,23)/t14-/m0/s1. The van der Waals surface area contributed by atoms with Crippen molar-refractivity contribution in [3.63, 3.8) is 0 Å². The number of halogens is 1. The Morgan fingerprint density at radius 1 is 1.25 bits per heavy atom. The van der Waals surface area contributed by atoms with Crippen LogP contribution in [0.1, 0.15) is 16.8 Å². The third-order valence-electron chi connectivity index (χ3n) is 3.91. The molecular weight excluding hydrogens is 328 g/mol. The molecule has 0 bridgehead atoms. The van der Waals surface area contributed by atoms with Crippen molar-refractivity contribution in [2.75, 3.05) is 18.6 Å². The van der Waals surface area contributed by atoms with Crippen LogP contribution in [0.25, 0.3) is 0 Å². The third-order valence-corrected chi connectivity index (χ3v) is 4.15. The van der Waals surface area contributed by atoms with E-state index >= 15 is 0 Å². The van der Waals surface area contributed by atoms with Crippen LogP contribution >= 0.6 is 11.6 Å². The van der Waals surface area contributed by atoms with Gasteiger partial charge in [0.1, 0.15) is 5.75 Å². The van der Waals surface area contributed by atoms with Gasteiger partial charge in [0.25, 0.3) is 5.91 Å².